The van der Waals surface area contributed by atoms with Gasteiger partial charge in [-0.05, 0) is 69.9 Å². The number of aryl methyl sites for hydroxylation is 3. The van der Waals surface area contributed by atoms with Crippen LogP contribution in [0, 0.1) is 6.92 Å². The highest BCUT2D eigenvalue weighted by atomic mass is 16.2. The molecule has 44 heavy (non-hydrogen) atoms. The van der Waals surface area contributed by atoms with Crippen LogP contribution in [0.4, 0.5) is 11.8 Å². The number of nitrogens with zero attached hydrogens (tertiary/aromatic N) is 4. The summed E-state index contributed by atoms with van der Waals surface area (Å²) < 4.78 is 2.04. The van der Waals surface area contributed by atoms with Crippen molar-refractivity contribution in [1.29, 1.82) is 0 Å². The fourth-order valence-corrected chi connectivity index (χ4v) is 6.91. The highest BCUT2D eigenvalue weighted by molar-refractivity contribution is 6.01. The van der Waals surface area contributed by atoms with Gasteiger partial charge in [-0.1, -0.05) is 48.0 Å². The van der Waals surface area contributed by atoms with Crippen molar-refractivity contribution < 1.29 is 9.59 Å². The van der Waals surface area contributed by atoms with Crippen molar-refractivity contribution >= 4 is 34.4 Å². The van der Waals surface area contributed by atoms with Gasteiger partial charge in [0.2, 0.25) is 11.9 Å². The molecule has 0 bridgehead atoms. The predicted octanol–water partition coefficient (Wildman–Crippen LogP) is 6.12. The summed E-state index contributed by atoms with van der Waals surface area (Å²) in [4.78, 5) is 39.3. The largest absolute Gasteiger partial charge is 0.362 e. The van der Waals surface area contributed by atoms with Crippen LogP contribution in [-0.2, 0) is 24.7 Å². The summed E-state index contributed by atoms with van der Waals surface area (Å²) in [6.45, 7) is 2.01. The molecule has 1 saturated carbocycles. The van der Waals surface area contributed by atoms with Gasteiger partial charge in [0.05, 0.1) is 11.6 Å². The summed E-state index contributed by atoms with van der Waals surface area (Å²) in [5.74, 6) is 1.07. The van der Waals surface area contributed by atoms with Crippen molar-refractivity contribution in [2.75, 3.05) is 24.3 Å². The Morgan fingerprint density at radius 2 is 1.66 bits per heavy atom. The maximum absolute atomic E-state index is 14.0. The topological polar surface area (TPSA) is 92.2 Å². The molecular weight excluding hydrogens is 548 g/mol. The third kappa shape index (κ3) is 6.35. The van der Waals surface area contributed by atoms with Gasteiger partial charge in [0.25, 0.3) is 0 Å². The zero-order valence-corrected chi connectivity index (χ0v) is 26.4. The molecule has 2 aliphatic rings. The zero-order chi connectivity index (χ0) is 30.8. The number of carbonyl (C=O) groups is 2. The number of rotatable bonds is 9. The Balaban J connectivity index is 1.15. The van der Waals surface area contributed by atoms with Crippen molar-refractivity contribution in [3.63, 3.8) is 0 Å². The number of aromatic nitrogens is 3. The van der Waals surface area contributed by atoms with Gasteiger partial charge >= 0.3 is 0 Å². The number of fused-ring (bicyclic) bond motifs is 2. The quantitative estimate of drug-likeness (QED) is 0.228. The molecule has 2 aliphatic carbocycles. The van der Waals surface area contributed by atoms with E-state index >= 15 is 0 Å². The van der Waals surface area contributed by atoms with Crippen molar-refractivity contribution in [3.8, 4) is 0 Å². The molecule has 1 fully saturated rings. The summed E-state index contributed by atoms with van der Waals surface area (Å²) in [7, 11) is 6.09. The van der Waals surface area contributed by atoms with E-state index in [9.17, 15) is 9.59 Å². The van der Waals surface area contributed by atoms with Crippen LogP contribution in [0.2, 0.25) is 0 Å². The molecule has 4 aromatic rings. The molecule has 2 N–H and O–H groups in total. The number of para-hydroxylation sites is 1. The van der Waals surface area contributed by atoms with Crippen LogP contribution in [0.1, 0.15) is 83.6 Å². The third-order valence-corrected chi connectivity index (χ3v) is 9.37. The predicted molar refractivity (Wildman–Crippen MR) is 177 cm³/mol. The Bertz CT molecular complexity index is 1650. The molecular formula is C36H44N6O2. The van der Waals surface area contributed by atoms with E-state index in [1.807, 2.05) is 67.2 Å². The third-order valence-electron chi connectivity index (χ3n) is 9.37. The van der Waals surface area contributed by atoms with E-state index in [0.717, 1.165) is 66.4 Å². The standard InChI is InChI=1S/C36H44N6O2/c1-23-13-15-24(16-14-23)33(43)21-29(30-22-42(4)32-12-8-6-9-27(30)32)35(44)37-25-17-19-26(20-18-25)38-36-39-31-11-7-5-10-28(31)34(40-36)41(2)3/h6,8-9,12-16,22,25-26,29H,5,7,10-11,17-21H2,1-4H3,(H,37,44)(H,38,39,40)/t25-,26+,29?. The second-order valence-electron chi connectivity index (χ2n) is 12.9. The van der Waals surface area contributed by atoms with Gasteiger partial charge in [0, 0.05) is 67.9 Å². The molecule has 230 valence electrons. The van der Waals surface area contributed by atoms with Gasteiger partial charge in [0.15, 0.2) is 5.78 Å². The number of hydrogen-bond acceptors (Lipinski definition) is 6. The molecule has 2 aromatic heterocycles. The molecule has 8 nitrogen and oxygen atoms in total. The number of nitrogens with one attached hydrogen (secondary N) is 2. The molecule has 6 rings (SSSR count). The van der Waals surface area contributed by atoms with Crippen LogP contribution in [0.15, 0.2) is 54.7 Å². The number of anilines is 2. The fraction of sp³-hybridized carbons (Fsp3) is 0.444. The van der Waals surface area contributed by atoms with Crippen molar-refractivity contribution in [2.24, 2.45) is 7.05 Å². The van der Waals surface area contributed by atoms with Gasteiger partial charge in [-0.2, -0.15) is 4.98 Å². The second kappa shape index (κ2) is 12.8. The van der Waals surface area contributed by atoms with E-state index < -0.39 is 5.92 Å². The Labute approximate surface area is 260 Å². The van der Waals surface area contributed by atoms with Crippen LogP contribution < -0.4 is 15.5 Å². The van der Waals surface area contributed by atoms with Crippen LogP contribution in [0.25, 0.3) is 10.9 Å². The molecule has 0 aliphatic heterocycles. The van der Waals surface area contributed by atoms with Crippen LogP contribution in [0.5, 0.6) is 0 Å². The molecule has 1 unspecified atom stereocenters. The fourth-order valence-electron chi connectivity index (χ4n) is 6.91. The first-order valence-corrected chi connectivity index (χ1v) is 16.0. The first-order chi connectivity index (χ1) is 21.3. The number of Topliss-reactive ketones (excluding diaryl/α,β-unsaturated/α-hetero) is 1. The minimum atomic E-state index is -0.570. The van der Waals surface area contributed by atoms with Gasteiger partial charge in [-0.25, -0.2) is 4.98 Å². The average molecular weight is 593 g/mol. The molecule has 0 saturated heterocycles. The van der Waals surface area contributed by atoms with Crippen LogP contribution in [0.3, 0.4) is 0 Å². The highest BCUT2D eigenvalue weighted by Gasteiger charge is 2.31. The number of ketones is 1. The number of amides is 1. The number of hydrogen-bond donors (Lipinski definition) is 2. The van der Waals surface area contributed by atoms with Gasteiger partial charge < -0.3 is 20.1 Å². The Morgan fingerprint density at radius 3 is 2.41 bits per heavy atom. The smallest absolute Gasteiger partial charge is 0.228 e. The monoisotopic (exact) mass is 592 g/mol. The summed E-state index contributed by atoms with van der Waals surface area (Å²) in [6, 6.07) is 16.0. The molecule has 0 radical (unpaired) electrons. The van der Waals surface area contributed by atoms with E-state index in [2.05, 4.69) is 35.7 Å². The van der Waals surface area contributed by atoms with Gasteiger partial charge in [-0.15, -0.1) is 0 Å². The Kier molecular flexibility index (Phi) is 8.69. The number of carbonyl (C=O) groups excluding carboxylic acids is 2. The zero-order valence-electron chi connectivity index (χ0n) is 26.4. The molecule has 8 heteroatoms. The van der Waals surface area contributed by atoms with E-state index in [-0.39, 0.29) is 30.2 Å². The van der Waals surface area contributed by atoms with Gasteiger partial charge in [-0.3, -0.25) is 9.59 Å². The van der Waals surface area contributed by atoms with Crippen LogP contribution in [-0.4, -0.2) is 52.4 Å². The maximum atomic E-state index is 14.0. The lowest BCUT2D eigenvalue weighted by molar-refractivity contribution is -0.123. The van der Waals surface area contributed by atoms with E-state index in [4.69, 9.17) is 9.97 Å². The molecule has 0 spiro atoms. The van der Waals surface area contributed by atoms with E-state index in [0.29, 0.717) is 11.5 Å². The Hall–Kier alpha value is -4.20. The maximum Gasteiger partial charge on any atom is 0.228 e. The minimum absolute atomic E-state index is 0.0202. The normalized spacial score (nSPS) is 18.8. The van der Waals surface area contributed by atoms with E-state index in [1.165, 1.54) is 24.1 Å². The summed E-state index contributed by atoms with van der Waals surface area (Å²) >= 11 is 0. The summed E-state index contributed by atoms with van der Waals surface area (Å²) in [5.41, 5.74) is 6.17. The Morgan fingerprint density at radius 1 is 0.955 bits per heavy atom. The van der Waals surface area contributed by atoms with Crippen molar-refractivity contribution in [1.82, 2.24) is 19.9 Å². The summed E-state index contributed by atoms with van der Waals surface area (Å²) in [5, 5.41) is 7.97. The molecule has 2 heterocycles. The lowest BCUT2D eigenvalue weighted by atomic mass is 9.88. The van der Waals surface area contributed by atoms with Gasteiger partial charge in [0.1, 0.15) is 5.82 Å². The second-order valence-corrected chi connectivity index (χ2v) is 12.9. The molecule has 1 amide bonds. The van der Waals surface area contributed by atoms with Crippen molar-refractivity contribution in [3.05, 3.63) is 82.7 Å². The number of benzene rings is 2. The lowest BCUT2D eigenvalue weighted by Crippen LogP contribution is -2.42. The van der Waals surface area contributed by atoms with Crippen LogP contribution >= 0.6 is 0 Å². The molecule has 1 atom stereocenters. The summed E-state index contributed by atoms with van der Waals surface area (Å²) in [6.07, 6.45) is 10.1. The lowest BCUT2D eigenvalue weighted by Gasteiger charge is -2.31. The first-order valence-electron chi connectivity index (χ1n) is 16.0. The minimum Gasteiger partial charge on any atom is -0.362 e. The molecule has 2 aromatic carbocycles. The van der Waals surface area contributed by atoms with Crippen molar-refractivity contribution in [2.45, 2.75) is 82.7 Å². The first kappa shape index (κ1) is 29.9. The average Bonchev–Trinajstić information content (AvgIpc) is 3.36. The highest BCUT2D eigenvalue weighted by Crippen LogP contribution is 2.33. The van der Waals surface area contributed by atoms with E-state index in [1.54, 1.807) is 0 Å². The SMILES string of the molecule is Cc1ccc(C(=O)CC(C(=O)N[C@H]2CC[C@@H](Nc3nc4c(c(N(C)C)n3)CCCC4)CC2)c2cn(C)c3ccccc23)cc1.